The van der Waals surface area contributed by atoms with Crippen LogP contribution >= 0.6 is 11.3 Å². The molecular formula is C22H21N7O4S. The number of thiophene rings is 1. The van der Waals surface area contributed by atoms with Crippen LogP contribution in [-0.4, -0.2) is 69.7 Å². The number of carbonyl (C=O) groups is 3. The van der Waals surface area contributed by atoms with Gasteiger partial charge < -0.3 is 20.3 Å². The van der Waals surface area contributed by atoms with Crippen molar-refractivity contribution < 1.29 is 19.1 Å². The van der Waals surface area contributed by atoms with Gasteiger partial charge in [-0.25, -0.2) is 9.78 Å². The molecule has 6 rings (SSSR count). The lowest BCUT2D eigenvalue weighted by molar-refractivity contribution is -0.115. The molecule has 12 heteroatoms. The number of ether oxygens (including phenoxy) is 1. The van der Waals surface area contributed by atoms with Crippen LogP contribution in [0.5, 0.6) is 0 Å². The molecule has 2 aliphatic heterocycles. The number of hydrogen-bond donors (Lipinski definition) is 3. The third-order valence-corrected chi connectivity index (χ3v) is 6.91. The Kier molecular flexibility index (Phi) is 5.03. The van der Waals surface area contributed by atoms with Crippen LogP contribution in [0, 0.1) is 0 Å². The minimum absolute atomic E-state index is 0.00489. The minimum Gasteiger partial charge on any atom is -0.378 e. The van der Waals surface area contributed by atoms with Crippen molar-refractivity contribution in [3.63, 3.8) is 0 Å². The number of amides is 4. The molecule has 174 valence electrons. The van der Waals surface area contributed by atoms with Crippen LogP contribution in [0.1, 0.15) is 28.1 Å². The van der Waals surface area contributed by atoms with E-state index in [2.05, 4.69) is 21.0 Å². The molecule has 0 atom stereocenters. The average Bonchev–Trinajstić information content (AvgIpc) is 3.22. The largest absolute Gasteiger partial charge is 0.378 e. The molecule has 1 saturated carbocycles. The van der Waals surface area contributed by atoms with E-state index in [1.807, 2.05) is 18.2 Å². The SMILES string of the molecule is O=C1NC(=O)/C(=C/c2cnn3c(NC4CC4)cc(-c4ccc(C(=O)N5CCOCC5)s4)nc23)N1. The second-order valence-electron chi connectivity index (χ2n) is 8.32. The fourth-order valence-corrected chi connectivity index (χ4v) is 4.83. The highest BCUT2D eigenvalue weighted by molar-refractivity contribution is 7.17. The molecule has 3 aromatic heterocycles. The summed E-state index contributed by atoms with van der Waals surface area (Å²) in [5, 5.41) is 12.6. The third-order valence-electron chi connectivity index (χ3n) is 5.82. The van der Waals surface area contributed by atoms with E-state index in [-0.39, 0.29) is 11.6 Å². The molecule has 5 heterocycles. The second-order valence-corrected chi connectivity index (χ2v) is 9.40. The molecule has 34 heavy (non-hydrogen) atoms. The van der Waals surface area contributed by atoms with Crippen LogP contribution < -0.4 is 16.0 Å². The van der Waals surface area contributed by atoms with Crippen molar-refractivity contribution in [2.45, 2.75) is 18.9 Å². The Bertz CT molecular complexity index is 1350. The van der Waals surface area contributed by atoms with Crippen molar-refractivity contribution in [2.75, 3.05) is 31.6 Å². The van der Waals surface area contributed by atoms with Gasteiger partial charge in [-0.3, -0.25) is 14.9 Å². The van der Waals surface area contributed by atoms with Gasteiger partial charge in [0.25, 0.3) is 11.8 Å². The summed E-state index contributed by atoms with van der Waals surface area (Å²) in [4.78, 5) is 44.5. The van der Waals surface area contributed by atoms with Gasteiger partial charge in [-0.2, -0.15) is 9.61 Å². The molecular weight excluding hydrogens is 458 g/mol. The van der Waals surface area contributed by atoms with Gasteiger partial charge in [-0.15, -0.1) is 11.3 Å². The monoisotopic (exact) mass is 479 g/mol. The molecule has 0 unspecified atom stereocenters. The first-order chi connectivity index (χ1) is 16.5. The Morgan fingerprint density at radius 2 is 2.03 bits per heavy atom. The van der Waals surface area contributed by atoms with Gasteiger partial charge >= 0.3 is 6.03 Å². The number of nitrogens with zero attached hydrogens (tertiary/aromatic N) is 4. The van der Waals surface area contributed by atoms with Gasteiger partial charge in [0.15, 0.2) is 5.65 Å². The fraction of sp³-hybridized carbons (Fsp3) is 0.318. The van der Waals surface area contributed by atoms with Crippen LogP contribution in [0.3, 0.4) is 0 Å². The number of carbonyl (C=O) groups excluding carboxylic acids is 3. The Morgan fingerprint density at radius 3 is 2.76 bits per heavy atom. The van der Waals surface area contributed by atoms with Crippen LogP contribution in [0.15, 0.2) is 30.1 Å². The lowest BCUT2D eigenvalue weighted by Gasteiger charge is -2.26. The maximum atomic E-state index is 12.9. The van der Waals surface area contributed by atoms with Crippen molar-refractivity contribution in [1.82, 2.24) is 30.1 Å². The first-order valence-electron chi connectivity index (χ1n) is 11.0. The molecule has 2 saturated heterocycles. The third kappa shape index (κ3) is 3.90. The van der Waals surface area contributed by atoms with Gasteiger partial charge in [-0.05, 0) is 31.1 Å². The number of urea groups is 1. The van der Waals surface area contributed by atoms with Crippen molar-refractivity contribution >= 4 is 46.7 Å². The molecule has 1 aliphatic carbocycles. The van der Waals surface area contributed by atoms with Gasteiger partial charge in [0.2, 0.25) is 0 Å². The summed E-state index contributed by atoms with van der Waals surface area (Å²) in [6, 6.07) is 5.47. The zero-order chi connectivity index (χ0) is 23.2. The summed E-state index contributed by atoms with van der Waals surface area (Å²) in [5.41, 5.74) is 1.96. The van der Waals surface area contributed by atoms with Gasteiger partial charge in [-0.1, -0.05) is 0 Å². The van der Waals surface area contributed by atoms with Crippen molar-refractivity contribution in [1.29, 1.82) is 0 Å². The smallest absolute Gasteiger partial charge is 0.326 e. The van der Waals surface area contributed by atoms with Crippen molar-refractivity contribution in [3.8, 4) is 10.6 Å². The summed E-state index contributed by atoms with van der Waals surface area (Å²) in [5.74, 6) is 0.276. The van der Waals surface area contributed by atoms with E-state index in [4.69, 9.17) is 9.72 Å². The molecule has 0 radical (unpaired) electrons. The first-order valence-corrected chi connectivity index (χ1v) is 11.8. The Morgan fingerprint density at radius 1 is 1.21 bits per heavy atom. The van der Waals surface area contributed by atoms with Crippen LogP contribution in [0.2, 0.25) is 0 Å². The molecule has 0 aromatic carbocycles. The first kappa shape index (κ1) is 20.8. The molecule has 0 bridgehead atoms. The fourth-order valence-electron chi connectivity index (χ4n) is 3.90. The number of rotatable bonds is 5. The quantitative estimate of drug-likeness (QED) is 0.375. The Balaban J connectivity index is 1.38. The maximum Gasteiger partial charge on any atom is 0.326 e. The zero-order valence-corrected chi connectivity index (χ0v) is 18.9. The average molecular weight is 480 g/mol. The molecule has 3 aliphatic rings. The highest BCUT2D eigenvalue weighted by Crippen LogP contribution is 2.33. The van der Waals surface area contributed by atoms with Crippen molar-refractivity contribution in [3.05, 3.63) is 40.5 Å². The zero-order valence-electron chi connectivity index (χ0n) is 18.0. The summed E-state index contributed by atoms with van der Waals surface area (Å²) < 4.78 is 7.04. The highest BCUT2D eigenvalue weighted by atomic mass is 32.1. The predicted octanol–water partition coefficient (Wildman–Crippen LogP) is 1.68. The lowest BCUT2D eigenvalue weighted by Crippen LogP contribution is -2.40. The number of imide groups is 1. The molecule has 0 spiro atoms. The second kappa shape index (κ2) is 8.22. The number of morpholine rings is 1. The summed E-state index contributed by atoms with van der Waals surface area (Å²) in [6.07, 6.45) is 5.33. The Hall–Kier alpha value is -3.77. The van der Waals surface area contributed by atoms with E-state index in [0.717, 1.165) is 23.5 Å². The molecule has 3 aromatic rings. The van der Waals surface area contributed by atoms with E-state index >= 15 is 0 Å². The number of hydrogen-bond acceptors (Lipinski definition) is 8. The van der Waals surface area contributed by atoms with Gasteiger partial charge in [0, 0.05) is 30.8 Å². The number of anilines is 1. The van der Waals surface area contributed by atoms with Crippen LogP contribution in [0.4, 0.5) is 10.6 Å². The lowest BCUT2D eigenvalue weighted by atomic mass is 10.2. The van der Waals surface area contributed by atoms with Gasteiger partial charge in [0.1, 0.15) is 11.5 Å². The Labute approximate surface area is 197 Å². The minimum atomic E-state index is -0.562. The highest BCUT2D eigenvalue weighted by Gasteiger charge is 2.26. The number of nitrogens with one attached hydrogen (secondary N) is 3. The van der Waals surface area contributed by atoms with E-state index in [9.17, 15) is 14.4 Å². The summed E-state index contributed by atoms with van der Waals surface area (Å²) >= 11 is 1.39. The summed E-state index contributed by atoms with van der Waals surface area (Å²) in [6.45, 7) is 2.28. The predicted molar refractivity (Wildman–Crippen MR) is 124 cm³/mol. The van der Waals surface area contributed by atoms with Crippen LogP contribution in [0.25, 0.3) is 22.3 Å². The van der Waals surface area contributed by atoms with Gasteiger partial charge in [0.05, 0.1) is 34.9 Å². The maximum absolute atomic E-state index is 12.9. The topological polar surface area (TPSA) is 130 Å². The molecule has 3 N–H and O–H groups in total. The van der Waals surface area contributed by atoms with E-state index in [0.29, 0.717) is 54.1 Å². The van der Waals surface area contributed by atoms with E-state index in [1.165, 1.54) is 11.3 Å². The molecule has 11 nitrogen and oxygen atoms in total. The normalized spacial score (nSPS) is 19.5. The molecule has 4 amide bonds. The number of aromatic nitrogens is 3. The number of fused-ring (bicyclic) bond motifs is 1. The molecule has 3 fully saturated rings. The van der Waals surface area contributed by atoms with E-state index in [1.54, 1.807) is 21.7 Å². The van der Waals surface area contributed by atoms with Crippen molar-refractivity contribution in [2.24, 2.45) is 0 Å². The van der Waals surface area contributed by atoms with Crippen LogP contribution in [-0.2, 0) is 9.53 Å². The summed E-state index contributed by atoms with van der Waals surface area (Å²) in [7, 11) is 0. The van der Waals surface area contributed by atoms with E-state index < -0.39 is 11.9 Å². The standard InChI is InChI=1S/C22H21N7O4S/c30-20-15(26-22(32)27-20)9-12-11-23-29-18(24-13-1-2-13)10-14(25-19(12)29)16-3-4-17(34-16)21(31)28-5-7-33-8-6-28/h3-4,9-11,13,24H,1-2,5-8H2,(H2,26,27,30,32)/b15-9-.